The molecule has 1 aromatic carbocycles. The Kier molecular flexibility index (Phi) is 5.44. The van der Waals surface area contributed by atoms with Crippen molar-refractivity contribution in [3.8, 4) is 0 Å². The highest BCUT2D eigenvalue weighted by molar-refractivity contribution is 6.27. The molecule has 1 heterocycles. The normalized spacial score (nSPS) is 17.1. The van der Waals surface area contributed by atoms with Crippen LogP contribution in [-0.4, -0.2) is 47.8 Å². The number of carbonyl (C=O) groups excluding carboxylic acids is 1. The van der Waals surface area contributed by atoms with Crippen LogP contribution >= 0.6 is 11.6 Å². The van der Waals surface area contributed by atoms with Crippen molar-refractivity contribution in [3.63, 3.8) is 0 Å². The van der Waals surface area contributed by atoms with Gasteiger partial charge in [-0.1, -0.05) is 29.8 Å². The van der Waals surface area contributed by atoms with E-state index in [-0.39, 0.29) is 11.8 Å². The van der Waals surface area contributed by atoms with E-state index >= 15 is 0 Å². The third-order valence-corrected chi connectivity index (χ3v) is 4.27. The third-order valence-electron chi connectivity index (χ3n) is 4.04. The summed E-state index contributed by atoms with van der Waals surface area (Å²) < 4.78 is 0. The molecule has 0 unspecified atom stereocenters. The fraction of sp³-hybridized carbons (Fsp3) is 0.562. The second-order valence-corrected chi connectivity index (χ2v) is 5.94. The molecule has 0 saturated carbocycles. The van der Waals surface area contributed by atoms with Gasteiger partial charge in [-0.15, -0.1) is 11.6 Å². The molecule has 0 radical (unpaired) electrons. The molecule has 1 amide bonds. The average molecular weight is 295 g/mol. The summed E-state index contributed by atoms with van der Waals surface area (Å²) in [5.74, 6) is 0.111. The lowest BCUT2D eigenvalue weighted by molar-refractivity contribution is -0.132. The SMILES string of the molecule is Cc1ccc(CN(C(=O)CCl)C2CCN(C)CC2)cc1. The number of hydrogen-bond donors (Lipinski definition) is 0. The van der Waals surface area contributed by atoms with E-state index in [1.54, 1.807) is 0 Å². The van der Waals surface area contributed by atoms with Crippen LogP contribution in [0, 0.1) is 6.92 Å². The predicted octanol–water partition coefficient (Wildman–Crippen LogP) is 2.66. The van der Waals surface area contributed by atoms with E-state index in [0.717, 1.165) is 25.9 Å². The maximum absolute atomic E-state index is 12.1. The van der Waals surface area contributed by atoms with Crippen molar-refractivity contribution >= 4 is 17.5 Å². The van der Waals surface area contributed by atoms with Crippen molar-refractivity contribution in [1.29, 1.82) is 0 Å². The summed E-state index contributed by atoms with van der Waals surface area (Å²) in [4.78, 5) is 16.4. The van der Waals surface area contributed by atoms with Gasteiger partial charge in [0.2, 0.25) is 5.91 Å². The second kappa shape index (κ2) is 7.09. The zero-order chi connectivity index (χ0) is 14.5. The van der Waals surface area contributed by atoms with Gasteiger partial charge in [0.15, 0.2) is 0 Å². The molecule has 0 bridgehead atoms. The topological polar surface area (TPSA) is 23.6 Å². The monoisotopic (exact) mass is 294 g/mol. The van der Waals surface area contributed by atoms with E-state index in [2.05, 4.69) is 43.1 Å². The lowest BCUT2D eigenvalue weighted by atomic mass is 10.0. The van der Waals surface area contributed by atoms with Crippen LogP contribution in [0.5, 0.6) is 0 Å². The van der Waals surface area contributed by atoms with Gasteiger partial charge in [0, 0.05) is 12.6 Å². The molecule has 1 aliphatic rings. The van der Waals surface area contributed by atoms with Crippen molar-refractivity contribution in [1.82, 2.24) is 9.80 Å². The first-order valence-corrected chi connectivity index (χ1v) is 7.73. The van der Waals surface area contributed by atoms with E-state index < -0.39 is 0 Å². The van der Waals surface area contributed by atoms with Crippen molar-refractivity contribution in [2.45, 2.75) is 32.4 Å². The first kappa shape index (κ1) is 15.3. The minimum atomic E-state index is 0.0433. The quantitative estimate of drug-likeness (QED) is 0.797. The molecule has 0 aromatic heterocycles. The molecule has 1 saturated heterocycles. The van der Waals surface area contributed by atoms with Gasteiger partial charge >= 0.3 is 0 Å². The lowest BCUT2D eigenvalue weighted by Gasteiger charge is -2.37. The molecule has 1 fully saturated rings. The van der Waals surface area contributed by atoms with E-state index in [1.807, 2.05) is 4.90 Å². The molecule has 0 spiro atoms. The molecular formula is C16H23ClN2O. The Morgan fingerprint density at radius 3 is 2.45 bits per heavy atom. The molecule has 110 valence electrons. The lowest BCUT2D eigenvalue weighted by Crippen LogP contribution is -2.46. The first-order valence-electron chi connectivity index (χ1n) is 7.19. The van der Waals surface area contributed by atoms with Crippen LogP contribution in [0.15, 0.2) is 24.3 Å². The number of nitrogens with zero attached hydrogens (tertiary/aromatic N) is 2. The summed E-state index contributed by atoms with van der Waals surface area (Å²) >= 11 is 5.78. The van der Waals surface area contributed by atoms with Crippen molar-refractivity contribution in [3.05, 3.63) is 35.4 Å². The molecular weight excluding hydrogens is 272 g/mol. The van der Waals surface area contributed by atoms with Gasteiger partial charge < -0.3 is 9.80 Å². The summed E-state index contributed by atoms with van der Waals surface area (Å²) in [6.07, 6.45) is 2.07. The molecule has 2 rings (SSSR count). The smallest absolute Gasteiger partial charge is 0.238 e. The number of hydrogen-bond acceptors (Lipinski definition) is 2. The summed E-state index contributed by atoms with van der Waals surface area (Å²) in [6, 6.07) is 8.69. The third kappa shape index (κ3) is 3.97. The van der Waals surface area contributed by atoms with E-state index in [0.29, 0.717) is 12.6 Å². The van der Waals surface area contributed by atoms with Crippen LogP contribution in [0.25, 0.3) is 0 Å². The van der Waals surface area contributed by atoms with E-state index in [9.17, 15) is 4.79 Å². The van der Waals surface area contributed by atoms with Gasteiger partial charge in [-0.3, -0.25) is 4.79 Å². The average Bonchev–Trinajstić information content (AvgIpc) is 2.47. The molecule has 4 heteroatoms. The fourth-order valence-electron chi connectivity index (χ4n) is 2.69. The fourth-order valence-corrected chi connectivity index (χ4v) is 2.85. The van der Waals surface area contributed by atoms with Crippen molar-refractivity contribution in [2.75, 3.05) is 26.0 Å². The number of likely N-dealkylation sites (tertiary alicyclic amines) is 1. The Balaban J connectivity index is 2.07. The van der Waals surface area contributed by atoms with Crippen LogP contribution in [0.3, 0.4) is 0 Å². The first-order chi connectivity index (χ1) is 9.60. The number of halogens is 1. The molecule has 1 aliphatic heterocycles. The van der Waals surface area contributed by atoms with Crippen LogP contribution < -0.4 is 0 Å². The van der Waals surface area contributed by atoms with Crippen molar-refractivity contribution < 1.29 is 4.79 Å². The van der Waals surface area contributed by atoms with E-state index in [1.165, 1.54) is 11.1 Å². The summed E-state index contributed by atoms with van der Waals surface area (Å²) in [5.41, 5.74) is 2.41. The summed E-state index contributed by atoms with van der Waals surface area (Å²) in [6.45, 7) is 4.83. The molecule has 20 heavy (non-hydrogen) atoms. The highest BCUT2D eigenvalue weighted by Gasteiger charge is 2.26. The maximum atomic E-state index is 12.1. The molecule has 0 atom stereocenters. The Hall–Kier alpha value is -1.06. The van der Waals surface area contributed by atoms with Gasteiger partial charge in [0.25, 0.3) is 0 Å². The van der Waals surface area contributed by atoms with Gasteiger partial charge in [0.05, 0.1) is 0 Å². The van der Waals surface area contributed by atoms with Crippen LogP contribution in [0.4, 0.5) is 0 Å². The number of aryl methyl sites for hydroxylation is 1. The van der Waals surface area contributed by atoms with Crippen molar-refractivity contribution in [2.24, 2.45) is 0 Å². The number of amides is 1. The van der Waals surface area contributed by atoms with Gasteiger partial charge in [-0.05, 0) is 45.5 Å². The van der Waals surface area contributed by atoms with E-state index in [4.69, 9.17) is 11.6 Å². The Labute approximate surface area is 126 Å². The number of benzene rings is 1. The highest BCUT2D eigenvalue weighted by Crippen LogP contribution is 2.19. The number of piperidine rings is 1. The zero-order valence-corrected chi connectivity index (χ0v) is 13.1. The number of alkyl halides is 1. The Morgan fingerprint density at radius 1 is 1.30 bits per heavy atom. The number of carbonyl (C=O) groups is 1. The Bertz CT molecular complexity index is 438. The van der Waals surface area contributed by atoms with Gasteiger partial charge in [-0.25, -0.2) is 0 Å². The highest BCUT2D eigenvalue weighted by atomic mass is 35.5. The minimum Gasteiger partial charge on any atom is -0.334 e. The Morgan fingerprint density at radius 2 is 1.90 bits per heavy atom. The maximum Gasteiger partial charge on any atom is 0.238 e. The summed E-state index contributed by atoms with van der Waals surface area (Å²) in [5, 5.41) is 0. The minimum absolute atomic E-state index is 0.0433. The molecule has 3 nitrogen and oxygen atoms in total. The van der Waals surface area contributed by atoms with Crippen LogP contribution in [-0.2, 0) is 11.3 Å². The van der Waals surface area contributed by atoms with Crippen LogP contribution in [0.1, 0.15) is 24.0 Å². The van der Waals surface area contributed by atoms with Gasteiger partial charge in [0.1, 0.15) is 5.88 Å². The largest absolute Gasteiger partial charge is 0.334 e. The zero-order valence-electron chi connectivity index (χ0n) is 12.3. The molecule has 0 N–H and O–H groups in total. The molecule has 1 aromatic rings. The van der Waals surface area contributed by atoms with Crippen LogP contribution in [0.2, 0.25) is 0 Å². The predicted molar refractivity (Wildman–Crippen MR) is 83.0 cm³/mol. The van der Waals surface area contributed by atoms with Gasteiger partial charge in [-0.2, -0.15) is 0 Å². The number of rotatable bonds is 4. The standard InChI is InChI=1S/C16H23ClN2O/c1-13-3-5-14(6-4-13)12-19(16(20)11-17)15-7-9-18(2)10-8-15/h3-6,15H,7-12H2,1-2H3. The second-order valence-electron chi connectivity index (χ2n) is 5.68. The molecule has 0 aliphatic carbocycles. The summed E-state index contributed by atoms with van der Waals surface area (Å²) in [7, 11) is 2.13.